The first-order valence-electron chi connectivity index (χ1n) is 4.81. The van der Waals surface area contributed by atoms with Crippen molar-refractivity contribution in [2.45, 2.75) is 19.4 Å². The quantitative estimate of drug-likeness (QED) is 0.811. The second-order valence-corrected chi connectivity index (χ2v) is 3.66. The minimum absolute atomic E-state index is 0.0353. The molecule has 0 saturated carbocycles. The fourth-order valence-corrected chi connectivity index (χ4v) is 1.55. The van der Waals surface area contributed by atoms with E-state index >= 15 is 0 Å². The van der Waals surface area contributed by atoms with Crippen LogP contribution >= 0.6 is 0 Å². The highest BCUT2D eigenvalue weighted by atomic mass is 19.1. The van der Waals surface area contributed by atoms with Crippen molar-refractivity contribution in [3.63, 3.8) is 0 Å². The first kappa shape index (κ1) is 9.98. The third-order valence-corrected chi connectivity index (χ3v) is 2.20. The first-order valence-corrected chi connectivity index (χ1v) is 4.81. The maximum Gasteiger partial charge on any atom is 0.125 e. The lowest BCUT2D eigenvalue weighted by atomic mass is 10.1. The van der Waals surface area contributed by atoms with Crippen LogP contribution in [0.15, 0.2) is 24.5 Å². The molecule has 1 heterocycles. The monoisotopic (exact) mass is 205 g/mol. The molecule has 1 unspecified atom stereocenters. The van der Waals surface area contributed by atoms with Crippen molar-refractivity contribution in [2.75, 3.05) is 0 Å². The zero-order valence-corrected chi connectivity index (χ0v) is 8.44. The van der Waals surface area contributed by atoms with Crippen LogP contribution in [0.25, 0.3) is 10.9 Å². The van der Waals surface area contributed by atoms with Crippen molar-refractivity contribution in [1.29, 1.82) is 0 Å². The lowest BCUT2D eigenvalue weighted by molar-refractivity contribution is 0.629. The van der Waals surface area contributed by atoms with Gasteiger partial charge in [0.2, 0.25) is 0 Å². The van der Waals surface area contributed by atoms with Crippen molar-refractivity contribution in [3.05, 3.63) is 36.0 Å². The number of nitrogens with zero attached hydrogens (tertiary/aromatic N) is 2. The third kappa shape index (κ3) is 2.10. The SMILES string of the molecule is CC(N)Cc1ncnc2cc(F)ccc12. The second kappa shape index (κ2) is 3.90. The highest BCUT2D eigenvalue weighted by molar-refractivity contribution is 5.80. The van der Waals surface area contributed by atoms with Gasteiger partial charge < -0.3 is 5.73 Å². The average molecular weight is 205 g/mol. The Kier molecular flexibility index (Phi) is 2.60. The molecule has 0 radical (unpaired) electrons. The van der Waals surface area contributed by atoms with Crippen LogP contribution in [0.2, 0.25) is 0 Å². The van der Waals surface area contributed by atoms with Crippen LogP contribution < -0.4 is 5.73 Å². The van der Waals surface area contributed by atoms with Crippen LogP contribution in [0.1, 0.15) is 12.6 Å². The normalized spacial score (nSPS) is 13.0. The third-order valence-electron chi connectivity index (χ3n) is 2.20. The summed E-state index contributed by atoms with van der Waals surface area (Å²) >= 11 is 0. The molecule has 2 N–H and O–H groups in total. The molecule has 0 spiro atoms. The molecule has 0 aliphatic rings. The molecule has 78 valence electrons. The molecule has 0 aliphatic heterocycles. The number of fused-ring (bicyclic) bond motifs is 1. The Hall–Kier alpha value is -1.55. The lowest BCUT2D eigenvalue weighted by Gasteiger charge is -2.07. The number of nitrogens with two attached hydrogens (primary N) is 1. The number of benzene rings is 1. The van der Waals surface area contributed by atoms with Gasteiger partial charge in [0.05, 0.1) is 11.2 Å². The van der Waals surface area contributed by atoms with Crippen LogP contribution in [0, 0.1) is 5.82 Å². The Morgan fingerprint density at radius 3 is 2.93 bits per heavy atom. The molecule has 0 aliphatic carbocycles. The van der Waals surface area contributed by atoms with Crippen LogP contribution in [0.3, 0.4) is 0 Å². The van der Waals surface area contributed by atoms with Crippen molar-refractivity contribution < 1.29 is 4.39 Å². The second-order valence-electron chi connectivity index (χ2n) is 3.66. The van der Waals surface area contributed by atoms with Gasteiger partial charge in [0.1, 0.15) is 12.1 Å². The standard InChI is InChI=1S/C11H12FN3/c1-7(13)4-10-9-3-2-8(12)5-11(9)15-6-14-10/h2-3,5-7H,4,13H2,1H3. The summed E-state index contributed by atoms with van der Waals surface area (Å²) in [5.74, 6) is -0.284. The van der Waals surface area contributed by atoms with E-state index < -0.39 is 0 Å². The van der Waals surface area contributed by atoms with E-state index in [4.69, 9.17) is 5.73 Å². The summed E-state index contributed by atoms with van der Waals surface area (Å²) in [5, 5.41) is 0.871. The molecule has 1 atom stereocenters. The summed E-state index contributed by atoms with van der Waals surface area (Å²) < 4.78 is 12.9. The van der Waals surface area contributed by atoms with Crippen molar-refractivity contribution in [1.82, 2.24) is 9.97 Å². The Bertz CT molecular complexity index is 482. The van der Waals surface area contributed by atoms with E-state index in [9.17, 15) is 4.39 Å². The molecule has 0 saturated heterocycles. The summed E-state index contributed by atoms with van der Waals surface area (Å²) in [5.41, 5.74) is 7.21. The topological polar surface area (TPSA) is 51.8 Å². The summed E-state index contributed by atoms with van der Waals surface area (Å²) in [4.78, 5) is 8.18. The van der Waals surface area contributed by atoms with Gasteiger partial charge in [-0.15, -0.1) is 0 Å². The molecule has 3 nitrogen and oxygen atoms in total. The van der Waals surface area contributed by atoms with Crippen molar-refractivity contribution >= 4 is 10.9 Å². The molecule has 15 heavy (non-hydrogen) atoms. The van der Waals surface area contributed by atoms with E-state index in [-0.39, 0.29) is 11.9 Å². The highest BCUT2D eigenvalue weighted by Gasteiger charge is 2.06. The van der Waals surface area contributed by atoms with Gasteiger partial charge in [-0.05, 0) is 19.1 Å². The highest BCUT2D eigenvalue weighted by Crippen LogP contribution is 2.16. The van der Waals surface area contributed by atoms with E-state index in [1.165, 1.54) is 18.5 Å². The molecule has 1 aromatic carbocycles. The zero-order chi connectivity index (χ0) is 10.8. The van der Waals surface area contributed by atoms with E-state index in [2.05, 4.69) is 9.97 Å². The van der Waals surface area contributed by atoms with Crippen LogP contribution in [0.4, 0.5) is 4.39 Å². The summed E-state index contributed by atoms with van der Waals surface area (Å²) in [6, 6.07) is 4.55. The zero-order valence-electron chi connectivity index (χ0n) is 8.44. The number of halogens is 1. The van der Waals surface area contributed by atoms with Gasteiger partial charge in [0.25, 0.3) is 0 Å². The van der Waals surface area contributed by atoms with Crippen LogP contribution in [-0.2, 0) is 6.42 Å². The first-order chi connectivity index (χ1) is 7.16. The molecule has 0 amide bonds. The predicted molar refractivity (Wildman–Crippen MR) is 56.8 cm³/mol. The van der Waals surface area contributed by atoms with E-state index in [0.717, 1.165) is 11.1 Å². The molecular formula is C11H12FN3. The van der Waals surface area contributed by atoms with Gasteiger partial charge in [-0.1, -0.05) is 0 Å². The smallest absolute Gasteiger partial charge is 0.125 e. The summed E-state index contributed by atoms with van der Waals surface area (Å²) in [6.07, 6.45) is 2.12. The Morgan fingerprint density at radius 1 is 1.40 bits per heavy atom. The number of hydrogen-bond acceptors (Lipinski definition) is 3. The van der Waals surface area contributed by atoms with Gasteiger partial charge in [-0.3, -0.25) is 0 Å². The van der Waals surface area contributed by atoms with Crippen molar-refractivity contribution in [3.8, 4) is 0 Å². The largest absolute Gasteiger partial charge is 0.328 e. The van der Waals surface area contributed by atoms with Gasteiger partial charge >= 0.3 is 0 Å². The van der Waals surface area contributed by atoms with E-state index in [1.807, 2.05) is 6.92 Å². The van der Waals surface area contributed by atoms with E-state index in [1.54, 1.807) is 6.07 Å². The Labute approximate surface area is 87.2 Å². The van der Waals surface area contributed by atoms with Crippen LogP contribution in [0.5, 0.6) is 0 Å². The van der Waals surface area contributed by atoms with Gasteiger partial charge in [-0.25, -0.2) is 14.4 Å². The van der Waals surface area contributed by atoms with Gasteiger partial charge in [0, 0.05) is 23.9 Å². The molecule has 2 aromatic rings. The Morgan fingerprint density at radius 2 is 2.20 bits per heavy atom. The number of hydrogen-bond donors (Lipinski definition) is 1. The predicted octanol–water partition coefficient (Wildman–Crippen LogP) is 1.66. The van der Waals surface area contributed by atoms with Crippen molar-refractivity contribution in [2.24, 2.45) is 5.73 Å². The summed E-state index contributed by atoms with van der Waals surface area (Å²) in [6.45, 7) is 1.91. The number of aromatic nitrogens is 2. The Balaban J connectivity index is 2.56. The lowest BCUT2D eigenvalue weighted by Crippen LogP contribution is -2.18. The molecule has 4 heteroatoms. The molecule has 0 bridgehead atoms. The number of rotatable bonds is 2. The maximum absolute atomic E-state index is 12.9. The molecular weight excluding hydrogens is 193 g/mol. The minimum atomic E-state index is -0.284. The minimum Gasteiger partial charge on any atom is -0.328 e. The fraction of sp³-hybridized carbons (Fsp3) is 0.273. The maximum atomic E-state index is 12.9. The molecule has 0 fully saturated rings. The molecule has 2 rings (SSSR count). The molecule has 1 aromatic heterocycles. The fourth-order valence-electron chi connectivity index (χ4n) is 1.55. The van der Waals surface area contributed by atoms with Gasteiger partial charge in [0.15, 0.2) is 0 Å². The van der Waals surface area contributed by atoms with Crippen LogP contribution in [-0.4, -0.2) is 16.0 Å². The average Bonchev–Trinajstić information content (AvgIpc) is 2.16. The summed E-state index contributed by atoms with van der Waals surface area (Å²) in [7, 11) is 0. The van der Waals surface area contributed by atoms with E-state index in [0.29, 0.717) is 11.9 Å². The van der Waals surface area contributed by atoms with Gasteiger partial charge in [-0.2, -0.15) is 0 Å².